The Kier molecular flexibility index (Phi) is 7.98. The number of nitro groups is 1. The zero-order valence-corrected chi connectivity index (χ0v) is 24.3. The second-order valence-corrected chi connectivity index (χ2v) is 12.1. The molecule has 0 aromatic heterocycles. The van der Waals surface area contributed by atoms with E-state index in [-0.39, 0.29) is 23.7 Å². The fourth-order valence-electron chi connectivity index (χ4n) is 6.15. The van der Waals surface area contributed by atoms with Gasteiger partial charge in [-0.1, -0.05) is 24.3 Å². The van der Waals surface area contributed by atoms with Crippen molar-refractivity contribution in [3.63, 3.8) is 0 Å². The molecule has 2 fully saturated rings. The largest absolute Gasteiger partial charge is 0.497 e. The van der Waals surface area contributed by atoms with Crippen LogP contribution in [0.4, 0.5) is 5.69 Å². The van der Waals surface area contributed by atoms with E-state index in [0.717, 1.165) is 42.8 Å². The summed E-state index contributed by atoms with van der Waals surface area (Å²) in [4.78, 5) is 52.0. The molecule has 2 aromatic carbocycles. The number of fused-ring (bicyclic) bond motifs is 3. The molecular weight excluding hydrogens is 586 g/mol. The number of amides is 1. The van der Waals surface area contributed by atoms with Crippen molar-refractivity contribution in [2.75, 3.05) is 27.9 Å². The fourth-order valence-corrected chi connectivity index (χ4v) is 7.75. The van der Waals surface area contributed by atoms with Gasteiger partial charge in [0.25, 0.3) is 5.69 Å². The molecule has 228 valence electrons. The van der Waals surface area contributed by atoms with Gasteiger partial charge in [-0.3, -0.25) is 19.7 Å². The van der Waals surface area contributed by atoms with Crippen molar-refractivity contribution in [1.29, 1.82) is 0 Å². The van der Waals surface area contributed by atoms with Crippen LogP contribution in [0.25, 0.3) is 0 Å². The number of nitro benzene ring substituents is 1. The van der Waals surface area contributed by atoms with Crippen LogP contribution >= 0.6 is 0 Å². The summed E-state index contributed by atoms with van der Waals surface area (Å²) in [5.41, 5.74) is -1.50. The lowest BCUT2D eigenvalue weighted by Gasteiger charge is -2.35. The van der Waals surface area contributed by atoms with Crippen molar-refractivity contribution in [3.8, 4) is 5.75 Å². The number of methoxy groups -OCH3 is 3. The minimum absolute atomic E-state index is 0.0757. The normalized spacial score (nSPS) is 26.5. The maximum absolute atomic E-state index is 14.3. The zero-order chi connectivity index (χ0) is 31.1. The quantitative estimate of drug-likeness (QED) is 0.173. The highest BCUT2D eigenvalue weighted by Gasteiger charge is 2.73. The van der Waals surface area contributed by atoms with Crippen LogP contribution in [-0.2, 0) is 45.2 Å². The number of sulfonamides is 1. The van der Waals surface area contributed by atoms with Crippen LogP contribution in [0.15, 0.2) is 65.6 Å². The second kappa shape index (κ2) is 11.4. The van der Waals surface area contributed by atoms with Crippen molar-refractivity contribution in [3.05, 3.63) is 76.4 Å². The van der Waals surface area contributed by atoms with Gasteiger partial charge < -0.3 is 23.8 Å². The Labute approximate surface area is 246 Å². The van der Waals surface area contributed by atoms with Gasteiger partial charge in [-0.05, 0) is 29.8 Å². The molecule has 0 aliphatic carbocycles. The minimum atomic E-state index is -4.35. The summed E-state index contributed by atoms with van der Waals surface area (Å²) in [5.74, 6) is -2.96. The van der Waals surface area contributed by atoms with Crippen LogP contribution < -0.4 is 4.74 Å². The Bertz CT molecular complexity index is 1580. The number of carbonyl (C=O) groups is 3. The van der Waals surface area contributed by atoms with E-state index in [1.807, 2.05) is 0 Å². The van der Waals surface area contributed by atoms with E-state index in [1.54, 1.807) is 36.4 Å². The van der Waals surface area contributed by atoms with Gasteiger partial charge >= 0.3 is 11.9 Å². The fraction of sp³-hybridized carbons (Fsp3) is 0.393. The molecule has 1 amide bonds. The SMILES string of the molecule is COC(=O)C[C@@]12O[C@H]3C=CCN(S(=O)(=O)c4ccc([N+](=O)[O-])cc4)[C@H]3[C@@H]1C(=O)N(Cc1ccc(OC)cc1)[C@H]2C(=O)OC. The van der Waals surface area contributed by atoms with Crippen molar-refractivity contribution in [1.82, 2.24) is 9.21 Å². The molecule has 43 heavy (non-hydrogen) atoms. The Balaban J connectivity index is 1.61. The summed E-state index contributed by atoms with van der Waals surface area (Å²) in [6.45, 7) is -0.225. The first kappa shape index (κ1) is 30.1. The van der Waals surface area contributed by atoms with Crippen LogP contribution in [0, 0.1) is 16.0 Å². The summed E-state index contributed by atoms with van der Waals surface area (Å²) in [6.07, 6.45) is 1.60. The molecule has 14 nitrogen and oxygen atoms in total. The maximum atomic E-state index is 14.3. The lowest BCUT2D eigenvalue weighted by molar-refractivity contribution is -0.384. The smallest absolute Gasteiger partial charge is 0.331 e. The summed E-state index contributed by atoms with van der Waals surface area (Å²) in [6, 6.07) is 8.58. The van der Waals surface area contributed by atoms with E-state index in [2.05, 4.69) is 0 Å². The molecule has 5 rings (SSSR count). The summed E-state index contributed by atoms with van der Waals surface area (Å²) >= 11 is 0. The topological polar surface area (TPSA) is 172 Å². The number of benzene rings is 2. The van der Waals surface area contributed by atoms with Gasteiger partial charge in [-0.15, -0.1) is 0 Å². The summed E-state index contributed by atoms with van der Waals surface area (Å²) < 4.78 is 50.6. The molecule has 0 saturated carbocycles. The van der Waals surface area contributed by atoms with Gasteiger partial charge in [0.2, 0.25) is 15.9 Å². The number of ether oxygens (including phenoxy) is 4. The average Bonchev–Trinajstić information content (AvgIpc) is 3.44. The van der Waals surface area contributed by atoms with E-state index in [4.69, 9.17) is 18.9 Å². The third-order valence-electron chi connectivity index (χ3n) is 8.07. The molecule has 0 bridgehead atoms. The molecule has 2 aromatic rings. The average molecular weight is 616 g/mol. The number of hydrogen-bond acceptors (Lipinski definition) is 11. The monoisotopic (exact) mass is 615 g/mol. The van der Waals surface area contributed by atoms with E-state index < -0.39 is 68.9 Å². The highest BCUT2D eigenvalue weighted by atomic mass is 32.2. The number of esters is 2. The van der Waals surface area contributed by atoms with Gasteiger partial charge in [-0.2, -0.15) is 4.31 Å². The highest BCUT2D eigenvalue weighted by molar-refractivity contribution is 7.89. The Morgan fingerprint density at radius 2 is 1.74 bits per heavy atom. The lowest BCUT2D eigenvalue weighted by Crippen LogP contribution is -2.54. The maximum Gasteiger partial charge on any atom is 0.331 e. The predicted octanol–water partition coefficient (Wildman–Crippen LogP) is 1.43. The number of nitrogens with zero attached hydrogens (tertiary/aromatic N) is 3. The van der Waals surface area contributed by atoms with Crippen LogP contribution in [0.2, 0.25) is 0 Å². The van der Waals surface area contributed by atoms with Crippen molar-refractivity contribution < 1.29 is 46.7 Å². The summed E-state index contributed by atoms with van der Waals surface area (Å²) in [5, 5.41) is 11.1. The number of likely N-dealkylation sites (tertiary alicyclic amines) is 1. The van der Waals surface area contributed by atoms with Crippen LogP contribution in [0.5, 0.6) is 5.75 Å². The molecule has 5 atom stereocenters. The molecule has 3 aliphatic heterocycles. The van der Waals surface area contributed by atoms with Crippen molar-refractivity contribution >= 4 is 33.6 Å². The molecule has 3 heterocycles. The third-order valence-corrected chi connectivity index (χ3v) is 9.94. The molecule has 2 saturated heterocycles. The molecule has 0 unspecified atom stereocenters. The zero-order valence-electron chi connectivity index (χ0n) is 23.4. The second-order valence-electron chi connectivity index (χ2n) is 10.3. The van der Waals surface area contributed by atoms with E-state index in [1.165, 1.54) is 12.0 Å². The Hall–Kier alpha value is -4.34. The third kappa shape index (κ3) is 5.02. The first-order chi connectivity index (χ1) is 20.5. The molecule has 3 aliphatic rings. The van der Waals surface area contributed by atoms with Gasteiger partial charge in [-0.25, -0.2) is 13.2 Å². The standard InChI is InChI=1S/C28H29N3O11S/c1-39-19-10-6-17(7-11-19)16-29-25(27(34)41-3)28(15-22(32)40-2)23(26(29)33)24-21(42-28)5-4-14-30(24)43(37,38)20-12-8-18(9-13-20)31(35)36/h4-13,21,23-25H,14-16H2,1-3H3/t21-,23+,24+,25-,28+/m0/s1. The molecule has 15 heteroatoms. The molecule has 0 spiro atoms. The Morgan fingerprint density at radius 1 is 1.07 bits per heavy atom. The minimum Gasteiger partial charge on any atom is -0.497 e. The van der Waals surface area contributed by atoms with Crippen LogP contribution in [-0.4, -0.2) is 92.1 Å². The van der Waals surface area contributed by atoms with E-state index >= 15 is 0 Å². The lowest BCUT2D eigenvalue weighted by atomic mass is 9.79. The highest BCUT2D eigenvalue weighted by Crippen LogP contribution is 2.53. The number of non-ortho nitro benzene ring substituents is 1. The number of rotatable bonds is 9. The number of hydrogen-bond donors (Lipinski definition) is 0. The molecule has 0 radical (unpaired) electrons. The van der Waals surface area contributed by atoms with Gasteiger partial charge in [0, 0.05) is 25.2 Å². The van der Waals surface area contributed by atoms with Crippen LogP contribution in [0.3, 0.4) is 0 Å². The number of carbonyl (C=O) groups excluding carboxylic acids is 3. The molecule has 0 N–H and O–H groups in total. The van der Waals surface area contributed by atoms with Crippen molar-refractivity contribution in [2.24, 2.45) is 5.92 Å². The Morgan fingerprint density at radius 3 is 2.33 bits per heavy atom. The van der Waals surface area contributed by atoms with E-state index in [0.29, 0.717) is 11.3 Å². The predicted molar refractivity (Wildman–Crippen MR) is 147 cm³/mol. The summed E-state index contributed by atoms with van der Waals surface area (Å²) in [7, 11) is -0.543. The molecular formula is C28H29N3O11S. The van der Waals surface area contributed by atoms with Crippen molar-refractivity contribution in [2.45, 2.75) is 41.6 Å². The van der Waals surface area contributed by atoms with Gasteiger partial charge in [0.1, 0.15) is 11.4 Å². The van der Waals surface area contributed by atoms with Gasteiger partial charge in [0.15, 0.2) is 6.04 Å². The van der Waals surface area contributed by atoms with Gasteiger partial charge in [0.05, 0.1) is 55.6 Å². The van der Waals surface area contributed by atoms with Crippen LogP contribution in [0.1, 0.15) is 12.0 Å². The first-order valence-electron chi connectivity index (χ1n) is 13.2. The van der Waals surface area contributed by atoms with E-state index in [9.17, 15) is 32.9 Å². The first-order valence-corrected chi connectivity index (χ1v) is 14.6.